The highest BCUT2D eigenvalue weighted by Gasteiger charge is 2.62. The molecule has 0 heterocycles. The van der Waals surface area contributed by atoms with Gasteiger partial charge in [-0.05, 0) is 153 Å². The molecule has 4 bridgehead atoms. The molecule has 1 heteroatoms. The largest absolute Gasteiger partial charge is 0.310 e. The molecule has 0 aliphatic heterocycles. The normalized spacial score (nSPS) is 24.1. The first-order valence-corrected chi connectivity index (χ1v) is 21.0. The van der Waals surface area contributed by atoms with Crippen LogP contribution in [0.5, 0.6) is 0 Å². The van der Waals surface area contributed by atoms with Crippen molar-refractivity contribution in [1.82, 2.24) is 0 Å². The van der Waals surface area contributed by atoms with Gasteiger partial charge >= 0.3 is 0 Å². The third kappa shape index (κ3) is 4.43. The van der Waals surface area contributed by atoms with Gasteiger partial charge in [0.1, 0.15) is 0 Å². The lowest BCUT2D eigenvalue weighted by Crippen LogP contribution is -2.55. The molecule has 13 rings (SSSR count). The average Bonchev–Trinajstić information content (AvgIpc) is 3.66. The van der Waals surface area contributed by atoms with Crippen molar-refractivity contribution in [3.05, 3.63) is 186 Å². The Morgan fingerprint density at radius 1 is 0.411 bits per heavy atom. The predicted molar refractivity (Wildman–Crippen MR) is 233 cm³/mol. The zero-order valence-electron chi connectivity index (χ0n) is 32.4. The lowest BCUT2D eigenvalue weighted by molar-refractivity contribution is -0.0397. The lowest BCUT2D eigenvalue weighted by atomic mass is 9.42. The number of benzene rings is 7. The Labute approximate surface area is 331 Å². The SMILES string of the molecule is CC1(C)c2ccccc2-c2ccc(N(c3ccccc3)c3ccccc3-c3cccc4c3C3(c5ccc(-c6ccccc6)cc5-4)C4CC5CC(C4)CC3C5)cc21. The summed E-state index contributed by atoms with van der Waals surface area (Å²) in [5, 5.41) is 0. The Bertz CT molecular complexity index is 2660. The Balaban J connectivity index is 1.09. The van der Waals surface area contributed by atoms with Crippen molar-refractivity contribution in [3.8, 4) is 44.5 Å². The molecular formula is C55H47N. The van der Waals surface area contributed by atoms with Crippen LogP contribution in [0.1, 0.15) is 68.2 Å². The van der Waals surface area contributed by atoms with E-state index in [0.717, 1.165) is 11.8 Å². The second kappa shape index (κ2) is 11.9. The van der Waals surface area contributed by atoms with Crippen LogP contribution >= 0.6 is 0 Å². The van der Waals surface area contributed by atoms with Crippen molar-refractivity contribution in [1.29, 1.82) is 0 Å². The summed E-state index contributed by atoms with van der Waals surface area (Å²) >= 11 is 0. The minimum Gasteiger partial charge on any atom is -0.310 e. The quantitative estimate of drug-likeness (QED) is 0.171. The number of rotatable bonds is 5. The van der Waals surface area contributed by atoms with Crippen LogP contribution in [-0.4, -0.2) is 0 Å². The van der Waals surface area contributed by atoms with Crippen molar-refractivity contribution in [3.63, 3.8) is 0 Å². The summed E-state index contributed by atoms with van der Waals surface area (Å²) in [5.41, 5.74) is 20.6. The molecule has 6 aliphatic carbocycles. The van der Waals surface area contributed by atoms with E-state index in [1.807, 2.05) is 0 Å². The van der Waals surface area contributed by atoms with Gasteiger partial charge in [0.2, 0.25) is 0 Å². The highest BCUT2D eigenvalue weighted by atomic mass is 15.1. The van der Waals surface area contributed by atoms with Crippen LogP contribution in [0.15, 0.2) is 164 Å². The van der Waals surface area contributed by atoms with E-state index in [-0.39, 0.29) is 10.8 Å². The molecule has 0 unspecified atom stereocenters. The molecule has 1 spiro atoms. The molecule has 7 aromatic carbocycles. The Kier molecular flexibility index (Phi) is 6.93. The minimum atomic E-state index is -0.0830. The second-order valence-electron chi connectivity index (χ2n) is 18.1. The van der Waals surface area contributed by atoms with E-state index in [1.54, 1.807) is 11.1 Å². The maximum atomic E-state index is 2.57. The molecule has 0 atom stereocenters. The van der Waals surface area contributed by atoms with E-state index in [4.69, 9.17) is 0 Å². The third-order valence-electron chi connectivity index (χ3n) is 15.0. The highest BCUT2D eigenvalue weighted by Crippen LogP contribution is 2.71. The maximum Gasteiger partial charge on any atom is 0.0540 e. The summed E-state index contributed by atoms with van der Waals surface area (Å²) in [5.74, 6) is 3.14. The summed E-state index contributed by atoms with van der Waals surface area (Å²) < 4.78 is 0. The van der Waals surface area contributed by atoms with Gasteiger partial charge in [-0.15, -0.1) is 0 Å². The molecule has 1 nitrogen and oxygen atoms in total. The molecule has 7 aromatic rings. The highest BCUT2D eigenvalue weighted by molar-refractivity contribution is 5.96. The van der Waals surface area contributed by atoms with Gasteiger partial charge in [-0.3, -0.25) is 0 Å². The van der Waals surface area contributed by atoms with Crippen LogP contribution in [0.2, 0.25) is 0 Å². The van der Waals surface area contributed by atoms with E-state index < -0.39 is 0 Å². The van der Waals surface area contributed by atoms with Gasteiger partial charge in [0.05, 0.1) is 5.69 Å². The summed E-state index contributed by atoms with van der Waals surface area (Å²) in [4.78, 5) is 2.53. The Morgan fingerprint density at radius 3 is 1.77 bits per heavy atom. The number of nitrogens with zero attached hydrogens (tertiary/aromatic N) is 1. The van der Waals surface area contributed by atoms with Crippen LogP contribution < -0.4 is 4.90 Å². The Morgan fingerprint density at radius 2 is 1.02 bits per heavy atom. The van der Waals surface area contributed by atoms with E-state index in [2.05, 4.69) is 183 Å². The van der Waals surface area contributed by atoms with Gasteiger partial charge in [-0.1, -0.05) is 141 Å². The molecule has 4 fully saturated rings. The van der Waals surface area contributed by atoms with Crippen molar-refractivity contribution in [2.24, 2.45) is 23.7 Å². The molecule has 56 heavy (non-hydrogen) atoms. The first kappa shape index (κ1) is 32.6. The van der Waals surface area contributed by atoms with Crippen LogP contribution in [0, 0.1) is 23.7 Å². The number of hydrogen-bond acceptors (Lipinski definition) is 1. The van der Waals surface area contributed by atoms with Gasteiger partial charge < -0.3 is 4.90 Å². The monoisotopic (exact) mass is 721 g/mol. The maximum absolute atomic E-state index is 2.57. The summed E-state index contributed by atoms with van der Waals surface area (Å²) in [6, 6.07) is 62.4. The first-order chi connectivity index (χ1) is 27.5. The summed E-state index contributed by atoms with van der Waals surface area (Å²) in [6.07, 6.45) is 6.92. The number of para-hydroxylation sites is 2. The fraction of sp³-hybridized carbons (Fsp3) is 0.236. The van der Waals surface area contributed by atoms with Crippen LogP contribution in [0.25, 0.3) is 44.5 Å². The number of hydrogen-bond donors (Lipinski definition) is 0. The smallest absolute Gasteiger partial charge is 0.0540 e. The molecule has 0 radical (unpaired) electrons. The molecule has 6 aliphatic rings. The Hall–Kier alpha value is -5.66. The topological polar surface area (TPSA) is 3.24 Å². The molecular weight excluding hydrogens is 675 g/mol. The van der Waals surface area contributed by atoms with Crippen molar-refractivity contribution in [2.75, 3.05) is 4.90 Å². The van der Waals surface area contributed by atoms with Gasteiger partial charge in [0.15, 0.2) is 0 Å². The van der Waals surface area contributed by atoms with Crippen molar-refractivity contribution >= 4 is 17.1 Å². The molecule has 0 aromatic heterocycles. The van der Waals surface area contributed by atoms with E-state index in [1.165, 1.54) is 105 Å². The molecule has 0 saturated heterocycles. The fourth-order valence-electron chi connectivity index (χ4n) is 13.0. The standard InChI is InChI=1S/C55H47N/c1-54(2)49-22-11-9-18-43(49)44-26-25-42(34-51(44)54)56(41-16-7-4-8-17-41)52-23-12-10-19-45(52)46-20-13-21-47-48-33-38(37-14-5-3-6-15-37)24-27-50(48)55(53(46)47)39-29-35-28-36(31-39)32-40(55)30-35/h3-27,33-36,39-40H,28-32H2,1-2H3. The van der Waals surface area contributed by atoms with Crippen LogP contribution in [0.4, 0.5) is 17.1 Å². The third-order valence-corrected chi connectivity index (χ3v) is 15.0. The van der Waals surface area contributed by atoms with E-state index >= 15 is 0 Å². The van der Waals surface area contributed by atoms with Gasteiger partial charge in [0, 0.05) is 27.8 Å². The molecule has 4 saturated carbocycles. The zero-order valence-corrected chi connectivity index (χ0v) is 32.4. The van der Waals surface area contributed by atoms with Crippen molar-refractivity contribution in [2.45, 2.75) is 56.8 Å². The average molecular weight is 722 g/mol. The van der Waals surface area contributed by atoms with Gasteiger partial charge in [0.25, 0.3) is 0 Å². The second-order valence-corrected chi connectivity index (χ2v) is 18.1. The fourth-order valence-corrected chi connectivity index (χ4v) is 13.0. The molecule has 0 amide bonds. The van der Waals surface area contributed by atoms with Crippen molar-refractivity contribution < 1.29 is 0 Å². The zero-order chi connectivity index (χ0) is 37.2. The van der Waals surface area contributed by atoms with Crippen LogP contribution in [-0.2, 0) is 10.8 Å². The van der Waals surface area contributed by atoms with Gasteiger partial charge in [-0.2, -0.15) is 0 Å². The van der Waals surface area contributed by atoms with Crippen LogP contribution in [0.3, 0.4) is 0 Å². The number of anilines is 3. The first-order valence-electron chi connectivity index (χ1n) is 21.0. The molecule has 0 N–H and O–H groups in total. The van der Waals surface area contributed by atoms with E-state index in [9.17, 15) is 0 Å². The minimum absolute atomic E-state index is 0.0396. The van der Waals surface area contributed by atoms with E-state index in [0.29, 0.717) is 11.8 Å². The molecule has 272 valence electrons. The lowest BCUT2D eigenvalue weighted by Gasteiger charge is -2.61. The predicted octanol–water partition coefficient (Wildman–Crippen LogP) is 14.5. The summed E-state index contributed by atoms with van der Waals surface area (Å²) in [7, 11) is 0. The summed E-state index contributed by atoms with van der Waals surface area (Å²) in [6.45, 7) is 4.78. The van der Waals surface area contributed by atoms with Gasteiger partial charge in [-0.25, -0.2) is 0 Å². The number of fused-ring (bicyclic) bond motifs is 6.